The van der Waals surface area contributed by atoms with E-state index in [0.29, 0.717) is 5.92 Å². The van der Waals surface area contributed by atoms with E-state index in [-0.39, 0.29) is 6.10 Å². The summed E-state index contributed by atoms with van der Waals surface area (Å²) in [6, 6.07) is 18.5. The molecule has 0 amide bonds. The Morgan fingerprint density at radius 2 is 1.83 bits per heavy atom. The van der Waals surface area contributed by atoms with E-state index in [1.54, 1.807) is 11.8 Å². The van der Waals surface area contributed by atoms with Crippen LogP contribution in [0, 0.1) is 0 Å². The van der Waals surface area contributed by atoms with E-state index in [0.717, 1.165) is 53.7 Å². The predicted octanol–water partition coefficient (Wildman–Crippen LogP) is 4.79. The van der Waals surface area contributed by atoms with E-state index >= 15 is 0 Å². The molecule has 7 heteroatoms. The van der Waals surface area contributed by atoms with Crippen molar-refractivity contribution in [3.63, 3.8) is 0 Å². The van der Waals surface area contributed by atoms with Crippen LogP contribution in [0.15, 0.2) is 59.8 Å². The molecule has 30 heavy (non-hydrogen) atoms. The van der Waals surface area contributed by atoms with Gasteiger partial charge in [-0.05, 0) is 36.6 Å². The van der Waals surface area contributed by atoms with Gasteiger partial charge in [0.15, 0.2) is 5.16 Å². The van der Waals surface area contributed by atoms with E-state index in [9.17, 15) is 0 Å². The van der Waals surface area contributed by atoms with E-state index < -0.39 is 0 Å². The molecule has 5 rings (SSSR count). The van der Waals surface area contributed by atoms with E-state index in [1.165, 1.54) is 18.4 Å². The molecule has 2 fully saturated rings. The first kappa shape index (κ1) is 20.1. The molecule has 2 heterocycles. The third-order valence-corrected chi connectivity index (χ3v) is 7.02. The fourth-order valence-corrected chi connectivity index (χ4v) is 5.02. The number of thioether (sulfide) groups is 1. The highest BCUT2D eigenvalue weighted by Crippen LogP contribution is 2.41. The minimum atomic E-state index is 0.163. The highest BCUT2D eigenvalue weighted by atomic mass is 35.5. The molecule has 0 N–H and O–H groups in total. The van der Waals surface area contributed by atoms with Crippen molar-refractivity contribution >= 4 is 23.4 Å². The van der Waals surface area contributed by atoms with Crippen molar-refractivity contribution in [3.05, 3.63) is 71.0 Å². The molecule has 1 aromatic heterocycles. The number of rotatable bonds is 7. The van der Waals surface area contributed by atoms with Crippen molar-refractivity contribution in [2.24, 2.45) is 0 Å². The van der Waals surface area contributed by atoms with Gasteiger partial charge in [0.1, 0.15) is 5.82 Å². The highest BCUT2D eigenvalue weighted by Gasteiger charge is 2.31. The number of aromatic nitrogens is 3. The summed E-state index contributed by atoms with van der Waals surface area (Å²) in [4.78, 5) is 2.42. The van der Waals surface area contributed by atoms with Crippen LogP contribution in [0.4, 0.5) is 0 Å². The number of morpholine rings is 1. The van der Waals surface area contributed by atoms with Gasteiger partial charge in [0.25, 0.3) is 0 Å². The van der Waals surface area contributed by atoms with Gasteiger partial charge in [-0.2, -0.15) is 0 Å². The van der Waals surface area contributed by atoms with Crippen LogP contribution in [0.2, 0.25) is 5.02 Å². The number of hydrogen-bond acceptors (Lipinski definition) is 5. The van der Waals surface area contributed by atoms with Crippen LogP contribution in [-0.4, -0.2) is 51.2 Å². The van der Waals surface area contributed by atoms with Crippen molar-refractivity contribution in [1.82, 2.24) is 19.7 Å². The Balaban J connectivity index is 1.26. The molecular formula is C23H25ClN4OS. The van der Waals surface area contributed by atoms with Crippen LogP contribution in [0.25, 0.3) is 5.69 Å². The van der Waals surface area contributed by atoms with Crippen LogP contribution in [0.5, 0.6) is 0 Å². The first-order chi connectivity index (χ1) is 14.8. The Kier molecular flexibility index (Phi) is 6.09. The molecule has 3 aromatic rings. The summed E-state index contributed by atoms with van der Waals surface area (Å²) in [6.45, 7) is 3.43. The number of para-hydroxylation sites is 1. The number of ether oxygens (including phenoxy) is 1. The van der Waals surface area contributed by atoms with Crippen LogP contribution in [-0.2, 0) is 11.3 Å². The number of nitrogens with zero attached hydrogens (tertiary/aromatic N) is 4. The van der Waals surface area contributed by atoms with E-state index in [4.69, 9.17) is 16.3 Å². The first-order valence-corrected chi connectivity index (χ1v) is 11.8. The Morgan fingerprint density at radius 3 is 2.63 bits per heavy atom. The fraction of sp³-hybridized carbons (Fsp3) is 0.391. The van der Waals surface area contributed by atoms with E-state index in [2.05, 4.69) is 50.0 Å². The lowest BCUT2D eigenvalue weighted by atomic mass is 10.2. The van der Waals surface area contributed by atoms with Gasteiger partial charge in [0.2, 0.25) is 0 Å². The topological polar surface area (TPSA) is 43.2 Å². The number of hydrogen-bond donors (Lipinski definition) is 0. The second-order valence-electron chi connectivity index (χ2n) is 7.92. The van der Waals surface area contributed by atoms with Gasteiger partial charge in [0, 0.05) is 42.0 Å². The van der Waals surface area contributed by atoms with Gasteiger partial charge in [-0.25, -0.2) is 0 Å². The molecule has 2 aliphatic rings. The maximum atomic E-state index is 6.35. The molecule has 2 aromatic carbocycles. The maximum Gasteiger partial charge on any atom is 0.195 e. The average Bonchev–Trinajstić information content (AvgIpc) is 3.54. The molecule has 1 saturated carbocycles. The van der Waals surface area contributed by atoms with Gasteiger partial charge in [-0.3, -0.25) is 9.47 Å². The van der Waals surface area contributed by atoms with Gasteiger partial charge in [-0.1, -0.05) is 59.8 Å². The Bertz CT molecular complexity index is 992. The van der Waals surface area contributed by atoms with Crippen LogP contribution >= 0.6 is 23.4 Å². The second kappa shape index (κ2) is 9.10. The number of halogens is 1. The average molecular weight is 441 g/mol. The Morgan fingerprint density at radius 1 is 1.03 bits per heavy atom. The second-order valence-corrected chi connectivity index (χ2v) is 9.31. The molecular weight excluding hydrogens is 416 g/mol. The third kappa shape index (κ3) is 4.57. The molecule has 0 radical (unpaired) electrons. The van der Waals surface area contributed by atoms with Crippen LogP contribution in [0.3, 0.4) is 0 Å². The zero-order valence-electron chi connectivity index (χ0n) is 16.8. The van der Waals surface area contributed by atoms with Crippen molar-refractivity contribution in [3.8, 4) is 5.69 Å². The molecule has 0 spiro atoms. The molecule has 1 atom stereocenters. The quantitative estimate of drug-likeness (QED) is 0.494. The molecule has 156 valence electrons. The molecule has 1 aliphatic heterocycles. The minimum absolute atomic E-state index is 0.163. The highest BCUT2D eigenvalue weighted by molar-refractivity contribution is 7.99. The molecule has 0 unspecified atom stereocenters. The summed E-state index contributed by atoms with van der Waals surface area (Å²) in [5.41, 5.74) is 2.31. The summed E-state index contributed by atoms with van der Waals surface area (Å²) in [5, 5.41) is 10.8. The zero-order chi connectivity index (χ0) is 20.3. The van der Waals surface area contributed by atoms with E-state index in [1.807, 2.05) is 24.3 Å². The summed E-state index contributed by atoms with van der Waals surface area (Å²) < 4.78 is 8.29. The van der Waals surface area contributed by atoms with Gasteiger partial charge >= 0.3 is 0 Å². The van der Waals surface area contributed by atoms with Gasteiger partial charge < -0.3 is 4.74 Å². The van der Waals surface area contributed by atoms with Crippen LogP contribution in [0.1, 0.15) is 30.1 Å². The summed E-state index contributed by atoms with van der Waals surface area (Å²) in [7, 11) is 0. The number of benzene rings is 2. The SMILES string of the molecule is Clc1ccccc1CN1CCO[C@@H](CSc2nnc(C3CC3)n2-c2ccccc2)C1. The zero-order valence-corrected chi connectivity index (χ0v) is 18.4. The molecule has 0 bridgehead atoms. The van der Waals surface area contributed by atoms with Gasteiger partial charge in [-0.15, -0.1) is 10.2 Å². The lowest BCUT2D eigenvalue weighted by Gasteiger charge is -2.33. The predicted molar refractivity (Wildman–Crippen MR) is 121 cm³/mol. The summed E-state index contributed by atoms with van der Waals surface area (Å²) in [5.74, 6) is 2.49. The Hall–Kier alpha value is -1.86. The normalized spacial score (nSPS) is 19.8. The van der Waals surface area contributed by atoms with Gasteiger partial charge in [0.05, 0.1) is 12.7 Å². The Labute approximate surface area is 186 Å². The molecule has 5 nitrogen and oxygen atoms in total. The smallest absolute Gasteiger partial charge is 0.195 e. The largest absolute Gasteiger partial charge is 0.375 e. The standard InChI is InChI=1S/C23H25ClN4OS/c24-21-9-5-4-6-18(21)14-27-12-13-29-20(15-27)16-30-23-26-25-22(17-10-11-17)28(23)19-7-2-1-3-8-19/h1-9,17,20H,10-16H2/t20-/m1/s1. The molecule has 1 aliphatic carbocycles. The monoisotopic (exact) mass is 440 g/mol. The first-order valence-electron chi connectivity index (χ1n) is 10.5. The van der Waals surface area contributed by atoms with Crippen molar-refractivity contribution in [2.75, 3.05) is 25.4 Å². The molecule has 1 saturated heterocycles. The lowest BCUT2D eigenvalue weighted by molar-refractivity contribution is -0.0187. The van der Waals surface area contributed by atoms with Crippen molar-refractivity contribution < 1.29 is 4.74 Å². The van der Waals surface area contributed by atoms with Crippen molar-refractivity contribution in [1.29, 1.82) is 0 Å². The van der Waals surface area contributed by atoms with Crippen LogP contribution < -0.4 is 0 Å². The fourth-order valence-electron chi connectivity index (χ4n) is 3.86. The summed E-state index contributed by atoms with van der Waals surface area (Å²) in [6.07, 6.45) is 2.58. The third-order valence-electron chi connectivity index (χ3n) is 5.59. The van der Waals surface area contributed by atoms with Crippen molar-refractivity contribution in [2.45, 2.75) is 36.6 Å². The summed E-state index contributed by atoms with van der Waals surface area (Å²) >= 11 is 8.09. The lowest BCUT2D eigenvalue weighted by Crippen LogP contribution is -2.43. The minimum Gasteiger partial charge on any atom is -0.375 e. The maximum absolute atomic E-state index is 6.35.